The fraction of sp³-hybridized carbons (Fsp3) is 0.529. The van der Waals surface area contributed by atoms with Gasteiger partial charge >= 0.3 is 0 Å². The lowest BCUT2D eigenvalue weighted by Gasteiger charge is -2.35. The summed E-state index contributed by atoms with van der Waals surface area (Å²) >= 11 is 6.08. The number of rotatable bonds is 6. The van der Waals surface area contributed by atoms with Gasteiger partial charge in [-0.2, -0.15) is 0 Å². The Bertz CT molecular complexity index is 616. The monoisotopic (exact) mass is 353 g/mol. The van der Waals surface area contributed by atoms with Gasteiger partial charge in [0.2, 0.25) is 11.8 Å². The van der Waals surface area contributed by atoms with E-state index in [0.717, 1.165) is 12.8 Å². The minimum atomic E-state index is -0.603. The van der Waals surface area contributed by atoms with Crippen LogP contribution in [0.15, 0.2) is 18.2 Å². The first-order valence-corrected chi connectivity index (χ1v) is 8.63. The molecule has 1 aromatic carbocycles. The number of nitrogens with one attached hydrogen (secondary N) is 2. The van der Waals surface area contributed by atoms with E-state index in [0.29, 0.717) is 36.1 Å². The van der Waals surface area contributed by atoms with Crippen LogP contribution in [-0.2, 0) is 16.1 Å². The first-order valence-electron chi connectivity index (χ1n) is 8.26. The van der Waals surface area contributed by atoms with Gasteiger partial charge in [0.05, 0.1) is 12.5 Å². The molecule has 0 bridgehead atoms. The maximum atomic E-state index is 14.0. The molecule has 0 spiro atoms. The zero-order valence-electron chi connectivity index (χ0n) is 13.4. The molecule has 0 aromatic heterocycles. The number of halogens is 2. The third-order valence-corrected chi connectivity index (χ3v) is 4.88. The fourth-order valence-electron chi connectivity index (χ4n) is 2.89. The Morgan fingerprint density at radius 1 is 1.42 bits per heavy atom. The number of amides is 2. The largest absolute Gasteiger partial charge is 0.356 e. The van der Waals surface area contributed by atoms with E-state index in [1.807, 2.05) is 4.90 Å². The molecule has 1 aliphatic carbocycles. The molecule has 1 aromatic rings. The Labute approximate surface area is 145 Å². The van der Waals surface area contributed by atoms with Crippen molar-refractivity contribution >= 4 is 23.4 Å². The number of hydrogen-bond donors (Lipinski definition) is 2. The van der Waals surface area contributed by atoms with E-state index >= 15 is 0 Å². The van der Waals surface area contributed by atoms with Crippen molar-refractivity contribution in [2.45, 2.75) is 31.8 Å². The van der Waals surface area contributed by atoms with Crippen molar-refractivity contribution in [2.24, 2.45) is 5.92 Å². The number of piperazine rings is 1. The summed E-state index contributed by atoms with van der Waals surface area (Å²) in [6, 6.07) is 3.92. The van der Waals surface area contributed by atoms with Crippen molar-refractivity contribution in [1.82, 2.24) is 15.5 Å². The van der Waals surface area contributed by atoms with Crippen LogP contribution in [0.3, 0.4) is 0 Å². The fourth-order valence-corrected chi connectivity index (χ4v) is 3.11. The summed E-state index contributed by atoms with van der Waals surface area (Å²) in [4.78, 5) is 26.1. The molecule has 2 aliphatic rings. The quantitative estimate of drug-likeness (QED) is 0.818. The molecule has 0 radical (unpaired) electrons. The molecule has 5 nitrogen and oxygen atoms in total. The van der Waals surface area contributed by atoms with Crippen LogP contribution in [0.2, 0.25) is 5.02 Å². The highest BCUT2D eigenvalue weighted by molar-refractivity contribution is 6.31. The minimum Gasteiger partial charge on any atom is -0.356 e. The van der Waals surface area contributed by atoms with Crippen LogP contribution in [0.5, 0.6) is 0 Å². The van der Waals surface area contributed by atoms with Gasteiger partial charge < -0.3 is 10.6 Å². The van der Waals surface area contributed by atoms with Crippen LogP contribution < -0.4 is 10.6 Å². The lowest BCUT2D eigenvalue weighted by atomic mass is 10.1. The number of carbonyl (C=O) groups excluding carboxylic acids is 2. The maximum absolute atomic E-state index is 14.0. The number of carbonyl (C=O) groups is 2. The van der Waals surface area contributed by atoms with Crippen LogP contribution in [0.25, 0.3) is 0 Å². The van der Waals surface area contributed by atoms with E-state index in [1.165, 1.54) is 6.07 Å². The summed E-state index contributed by atoms with van der Waals surface area (Å²) in [7, 11) is 0. The molecule has 1 saturated heterocycles. The molecule has 3 rings (SSSR count). The Hall–Kier alpha value is -1.66. The normalized spacial score (nSPS) is 21.4. The van der Waals surface area contributed by atoms with Gasteiger partial charge in [-0.1, -0.05) is 17.7 Å². The maximum Gasteiger partial charge on any atom is 0.237 e. The number of hydrogen-bond acceptors (Lipinski definition) is 3. The van der Waals surface area contributed by atoms with E-state index in [1.54, 1.807) is 12.1 Å². The van der Waals surface area contributed by atoms with Crippen LogP contribution in [-0.4, -0.2) is 42.4 Å². The van der Waals surface area contributed by atoms with Gasteiger partial charge in [-0.05, 0) is 30.9 Å². The van der Waals surface area contributed by atoms with Gasteiger partial charge in [0.25, 0.3) is 0 Å². The molecule has 1 unspecified atom stereocenters. The zero-order valence-corrected chi connectivity index (χ0v) is 14.1. The summed E-state index contributed by atoms with van der Waals surface area (Å²) in [6.45, 7) is 1.91. The topological polar surface area (TPSA) is 61.4 Å². The molecule has 1 heterocycles. The van der Waals surface area contributed by atoms with Gasteiger partial charge in [-0.3, -0.25) is 14.5 Å². The van der Waals surface area contributed by atoms with Crippen LogP contribution in [0.1, 0.15) is 24.8 Å². The van der Waals surface area contributed by atoms with Gasteiger partial charge in [-0.15, -0.1) is 0 Å². The van der Waals surface area contributed by atoms with E-state index in [-0.39, 0.29) is 24.8 Å². The predicted molar refractivity (Wildman–Crippen MR) is 89.0 cm³/mol. The molecule has 24 heavy (non-hydrogen) atoms. The van der Waals surface area contributed by atoms with Crippen molar-refractivity contribution in [1.29, 1.82) is 0 Å². The number of nitrogens with zero attached hydrogens (tertiary/aromatic N) is 1. The summed E-state index contributed by atoms with van der Waals surface area (Å²) < 4.78 is 14.0. The summed E-state index contributed by atoms with van der Waals surface area (Å²) in [5.74, 6) is -0.156. The minimum absolute atomic E-state index is 0.0740. The molecule has 1 atom stereocenters. The molecule has 1 saturated carbocycles. The molecule has 130 valence electrons. The Balaban J connectivity index is 1.66. The highest BCUT2D eigenvalue weighted by Crippen LogP contribution is 2.27. The molecule has 2 fully saturated rings. The highest BCUT2D eigenvalue weighted by Gasteiger charge is 2.32. The Morgan fingerprint density at radius 3 is 2.92 bits per heavy atom. The van der Waals surface area contributed by atoms with Crippen molar-refractivity contribution in [3.8, 4) is 0 Å². The van der Waals surface area contributed by atoms with Gasteiger partial charge in [-0.25, -0.2) is 4.39 Å². The SMILES string of the molecule is O=C(CC1C(=O)NCCN1Cc1c(F)cccc1Cl)NCC1CC1. The van der Waals surface area contributed by atoms with Crippen molar-refractivity contribution in [3.63, 3.8) is 0 Å². The Morgan fingerprint density at radius 2 is 2.21 bits per heavy atom. The van der Waals surface area contributed by atoms with E-state index in [4.69, 9.17) is 11.6 Å². The van der Waals surface area contributed by atoms with Crippen LogP contribution in [0, 0.1) is 11.7 Å². The van der Waals surface area contributed by atoms with Crippen LogP contribution >= 0.6 is 11.6 Å². The molecule has 2 amide bonds. The van der Waals surface area contributed by atoms with Crippen molar-refractivity contribution in [2.75, 3.05) is 19.6 Å². The van der Waals surface area contributed by atoms with Gasteiger partial charge in [0, 0.05) is 36.8 Å². The summed E-state index contributed by atoms with van der Waals surface area (Å²) in [5, 5.41) is 5.98. The second-order valence-electron chi connectivity index (χ2n) is 6.43. The summed E-state index contributed by atoms with van der Waals surface area (Å²) in [5.41, 5.74) is 0.359. The molecule has 7 heteroatoms. The average Bonchev–Trinajstić information content (AvgIpc) is 3.36. The second kappa shape index (κ2) is 7.49. The third kappa shape index (κ3) is 4.24. The number of benzene rings is 1. The first kappa shape index (κ1) is 17.2. The average molecular weight is 354 g/mol. The highest BCUT2D eigenvalue weighted by atomic mass is 35.5. The lowest BCUT2D eigenvalue weighted by molar-refractivity contribution is -0.134. The predicted octanol–water partition coefficient (Wildman–Crippen LogP) is 1.70. The van der Waals surface area contributed by atoms with Crippen molar-refractivity contribution < 1.29 is 14.0 Å². The van der Waals surface area contributed by atoms with E-state index in [9.17, 15) is 14.0 Å². The molecular weight excluding hydrogens is 333 g/mol. The van der Waals surface area contributed by atoms with Crippen molar-refractivity contribution in [3.05, 3.63) is 34.6 Å². The second-order valence-corrected chi connectivity index (χ2v) is 6.84. The summed E-state index contributed by atoms with van der Waals surface area (Å²) in [6.07, 6.45) is 2.38. The van der Waals surface area contributed by atoms with Gasteiger partial charge in [0.15, 0.2) is 0 Å². The third-order valence-electron chi connectivity index (χ3n) is 4.53. The first-order chi connectivity index (χ1) is 11.5. The van der Waals surface area contributed by atoms with Crippen LogP contribution in [0.4, 0.5) is 4.39 Å². The lowest BCUT2D eigenvalue weighted by Crippen LogP contribution is -2.56. The van der Waals surface area contributed by atoms with Gasteiger partial charge in [0.1, 0.15) is 5.82 Å². The molecule has 1 aliphatic heterocycles. The van der Waals surface area contributed by atoms with E-state index < -0.39 is 11.9 Å². The molecular formula is C17H21ClFN3O2. The standard InChI is InChI=1S/C17H21ClFN3O2/c18-13-2-1-3-14(19)12(13)10-22-7-6-20-17(24)15(22)8-16(23)21-9-11-4-5-11/h1-3,11,15H,4-10H2,(H,20,24)(H,21,23). The Kier molecular flexibility index (Phi) is 5.36. The zero-order chi connectivity index (χ0) is 17.1. The van der Waals surface area contributed by atoms with E-state index in [2.05, 4.69) is 10.6 Å². The molecule has 2 N–H and O–H groups in total. The smallest absolute Gasteiger partial charge is 0.237 e.